The molecule has 0 aliphatic carbocycles. The van der Waals surface area contributed by atoms with E-state index in [1.807, 2.05) is 138 Å². The van der Waals surface area contributed by atoms with Gasteiger partial charge in [0.1, 0.15) is 22.6 Å². The average Bonchev–Trinajstić information content (AvgIpc) is 3.74. The number of benzene rings is 5. The van der Waals surface area contributed by atoms with E-state index in [4.69, 9.17) is 24.4 Å². The van der Waals surface area contributed by atoms with Gasteiger partial charge in [0.25, 0.3) is 0 Å². The van der Waals surface area contributed by atoms with Crippen LogP contribution in [0.4, 0.5) is 0 Å². The predicted octanol–water partition coefficient (Wildman–Crippen LogP) is 6.84. The zero-order valence-corrected chi connectivity index (χ0v) is 25.3. The topological polar surface area (TPSA) is 98.6 Å². The van der Waals surface area contributed by atoms with Crippen molar-refractivity contribution < 1.29 is 9.01 Å². The van der Waals surface area contributed by atoms with Crippen LogP contribution in [0.15, 0.2) is 133 Å². The lowest BCUT2D eigenvalue weighted by Crippen LogP contribution is -2.22. The van der Waals surface area contributed by atoms with Crippen molar-refractivity contribution in [3.63, 3.8) is 0 Å². The van der Waals surface area contributed by atoms with E-state index in [2.05, 4.69) is 4.98 Å². The maximum absolute atomic E-state index is 14.9. The Morgan fingerprint density at radius 3 is 1.57 bits per heavy atom. The molecule has 4 heterocycles. The summed E-state index contributed by atoms with van der Waals surface area (Å²) < 4.78 is 23.4. The summed E-state index contributed by atoms with van der Waals surface area (Å²) in [6, 6.07) is 42.7. The Bertz CT molecular complexity index is 2540. The van der Waals surface area contributed by atoms with Crippen molar-refractivity contribution in [3.05, 3.63) is 133 Å². The van der Waals surface area contributed by atoms with Gasteiger partial charge in [-0.2, -0.15) is 0 Å². The molecule has 8 nitrogen and oxygen atoms in total. The first kappa shape index (κ1) is 26.7. The highest BCUT2D eigenvalue weighted by Crippen LogP contribution is 2.44. The van der Waals surface area contributed by atoms with Crippen molar-refractivity contribution in [2.45, 2.75) is 0 Å². The van der Waals surface area contributed by atoms with E-state index >= 15 is 0 Å². The van der Waals surface area contributed by atoms with Gasteiger partial charge in [0.2, 0.25) is 7.37 Å². The Kier molecular flexibility index (Phi) is 6.10. The van der Waals surface area contributed by atoms with Gasteiger partial charge in [0.05, 0.1) is 0 Å². The zero-order chi connectivity index (χ0) is 30.7. The minimum atomic E-state index is -3.53. The number of H-pyrrole nitrogens is 1. The molecule has 218 valence electrons. The quantitative estimate of drug-likeness (QED) is 0.168. The third-order valence-electron chi connectivity index (χ3n) is 8.42. The molecule has 0 amide bonds. The summed E-state index contributed by atoms with van der Waals surface area (Å²) >= 11 is 0. The van der Waals surface area contributed by atoms with Crippen molar-refractivity contribution in [1.29, 1.82) is 0 Å². The van der Waals surface area contributed by atoms with Crippen molar-refractivity contribution in [2.75, 3.05) is 0 Å². The summed E-state index contributed by atoms with van der Waals surface area (Å²) in [5.41, 5.74) is 4.32. The summed E-state index contributed by atoms with van der Waals surface area (Å²) in [6.07, 6.45) is 0. The van der Waals surface area contributed by atoms with Crippen LogP contribution < -0.4 is 10.6 Å². The maximum Gasteiger partial charge on any atom is 0.410 e. The number of aromatic nitrogens is 6. The summed E-state index contributed by atoms with van der Waals surface area (Å²) in [7, 11) is -3.61. The van der Waals surface area contributed by atoms with Gasteiger partial charge in [-0.1, -0.05) is 109 Å². The summed E-state index contributed by atoms with van der Waals surface area (Å²) in [5, 5.41) is 4.83. The minimum Gasteiger partial charge on any atom is -0.362 e. The van der Waals surface area contributed by atoms with Gasteiger partial charge in [-0.25, -0.2) is 19.9 Å². The Balaban J connectivity index is 1.38. The molecule has 0 fully saturated rings. The van der Waals surface area contributed by atoms with E-state index in [9.17, 15) is 4.57 Å². The largest absolute Gasteiger partial charge is 0.410 e. The summed E-state index contributed by atoms with van der Waals surface area (Å²) in [6.45, 7) is 0. The van der Waals surface area contributed by atoms with Gasteiger partial charge in [-0.05, 0) is 24.3 Å². The van der Waals surface area contributed by atoms with E-state index in [1.165, 1.54) is 0 Å². The number of hydrogen-bond donors (Lipinski definition) is 1. The third-order valence-corrected chi connectivity index (χ3v) is 10.9. The van der Waals surface area contributed by atoms with Crippen LogP contribution >= 0.6 is 7.37 Å². The van der Waals surface area contributed by atoms with Gasteiger partial charge in [0, 0.05) is 43.3 Å². The van der Waals surface area contributed by atoms with Gasteiger partial charge in [-0.15, -0.1) is 0 Å². The van der Waals surface area contributed by atoms with E-state index in [0.29, 0.717) is 44.8 Å². The van der Waals surface area contributed by atoms with Gasteiger partial charge < -0.3 is 13.9 Å². The van der Waals surface area contributed by atoms with Gasteiger partial charge in [-0.3, -0.25) is 4.57 Å². The van der Waals surface area contributed by atoms with Crippen molar-refractivity contribution in [3.8, 4) is 22.8 Å². The number of hydrogen-bond acceptors (Lipinski definition) is 6. The van der Waals surface area contributed by atoms with Crippen molar-refractivity contribution >= 4 is 69.7 Å². The van der Waals surface area contributed by atoms with Crippen molar-refractivity contribution in [1.82, 2.24) is 29.4 Å². The first-order chi connectivity index (χ1) is 22.7. The van der Waals surface area contributed by atoms with Crippen LogP contribution in [0.1, 0.15) is 0 Å². The molecule has 9 rings (SSSR count). The average molecular weight is 614 g/mol. The van der Waals surface area contributed by atoms with Crippen LogP contribution in [0.2, 0.25) is 0 Å². The molecular weight excluding hydrogens is 590 g/mol. The molecule has 0 unspecified atom stereocenters. The molecule has 0 saturated heterocycles. The third kappa shape index (κ3) is 4.17. The van der Waals surface area contributed by atoms with Crippen LogP contribution in [0.5, 0.6) is 0 Å². The Labute approximate surface area is 263 Å². The SMILES string of the molecule is O=P(OBn1c2nc3nc(nc4[nH]c(nc1c1ccccc12)c1ccccc41)-c1ccccc1-3)(c1ccccc1)c1ccccc1. The number of aromatic amines is 1. The molecule has 0 atom stereocenters. The molecule has 1 aliphatic heterocycles. The van der Waals surface area contributed by atoms with Gasteiger partial charge in [0.15, 0.2) is 11.6 Å². The lowest BCUT2D eigenvalue weighted by atomic mass is 10.1. The molecule has 0 spiro atoms. The fourth-order valence-electron chi connectivity index (χ4n) is 6.21. The molecule has 6 bridgehead atoms. The second-order valence-corrected chi connectivity index (χ2v) is 13.5. The smallest absolute Gasteiger partial charge is 0.362 e. The van der Waals surface area contributed by atoms with E-state index in [1.54, 1.807) is 0 Å². The molecule has 1 aliphatic rings. The summed E-state index contributed by atoms with van der Waals surface area (Å²) in [5.74, 6) is 1.11. The second-order valence-electron chi connectivity index (χ2n) is 11.1. The normalized spacial score (nSPS) is 12.1. The number of rotatable bonds is 5. The number of nitrogens with one attached hydrogen (secondary N) is 1. The monoisotopic (exact) mass is 614 g/mol. The highest BCUT2D eigenvalue weighted by molar-refractivity contribution is 7.75. The van der Waals surface area contributed by atoms with E-state index in [-0.39, 0.29) is 7.62 Å². The molecular formula is C36H24BN6O2P. The van der Waals surface area contributed by atoms with Gasteiger partial charge >= 0.3 is 7.62 Å². The number of nitrogens with zero attached hydrogens (tertiary/aromatic N) is 5. The standard InChI is InChI=1S/C36H24BN6O2P/c44-46(23-13-3-1-4-14-23,24-15-5-2-6-16-24)45-37-43-35-29-21-11-12-22-30(29)36(43)42-34-28-20-10-8-18-26(28)32(40-34)38-31-25-17-7-9-19-27(25)33(39-31)41-35/h1-22,37H,(H,38,39,40,41,42). The molecule has 8 aromatic rings. The Morgan fingerprint density at radius 2 is 0.978 bits per heavy atom. The predicted molar refractivity (Wildman–Crippen MR) is 185 cm³/mol. The zero-order valence-electron chi connectivity index (χ0n) is 24.4. The number of fused-ring (bicyclic) bond motifs is 15. The van der Waals surface area contributed by atoms with Crippen LogP contribution in [0.25, 0.3) is 66.9 Å². The van der Waals surface area contributed by atoms with E-state index < -0.39 is 7.37 Å². The van der Waals surface area contributed by atoms with E-state index in [0.717, 1.165) is 32.7 Å². The molecule has 1 N–H and O–H groups in total. The minimum absolute atomic E-state index is 0.0746. The highest BCUT2D eigenvalue weighted by atomic mass is 31.2. The molecule has 10 heteroatoms. The molecule has 5 aromatic carbocycles. The fourth-order valence-corrected chi connectivity index (χ4v) is 8.21. The summed E-state index contributed by atoms with van der Waals surface area (Å²) in [4.78, 5) is 23.8. The first-order valence-electron chi connectivity index (χ1n) is 15.0. The lowest BCUT2D eigenvalue weighted by Gasteiger charge is -2.20. The Hall–Kier alpha value is -5.63. The van der Waals surface area contributed by atoms with Crippen molar-refractivity contribution in [2.24, 2.45) is 0 Å². The Morgan fingerprint density at radius 1 is 0.522 bits per heavy atom. The van der Waals surface area contributed by atoms with Crippen LogP contribution in [-0.2, 0) is 9.01 Å². The first-order valence-corrected chi connectivity index (χ1v) is 16.6. The second kappa shape index (κ2) is 10.5. The molecule has 46 heavy (non-hydrogen) atoms. The fraction of sp³-hybridized carbons (Fsp3) is 0. The molecule has 3 aromatic heterocycles. The maximum atomic E-state index is 14.9. The molecule has 0 saturated carbocycles. The molecule has 0 radical (unpaired) electrons. The highest BCUT2D eigenvalue weighted by Gasteiger charge is 2.30. The van der Waals surface area contributed by atoms with Crippen LogP contribution in [0, 0.1) is 0 Å². The van der Waals surface area contributed by atoms with Crippen LogP contribution in [0.3, 0.4) is 0 Å². The lowest BCUT2D eigenvalue weighted by molar-refractivity contribution is 0.513. The van der Waals surface area contributed by atoms with Crippen LogP contribution in [-0.4, -0.2) is 37.0 Å².